The van der Waals surface area contributed by atoms with Crippen LogP contribution in [-0.4, -0.2) is 26.3 Å². The SMILES string of the molecule is C[C@@H](Sc1nnc2c(n1)[C@]1(C)CC[C@H]2C1(C)C)C(=O)Nc1cccc2ccccc12. The van der Waals surface area contributed by atoms with Crippen LogP contribution in [0.2, 0.25) is 0 Å². The summed E-state index contributed by atoms with van der Waals surface area (Å²) < 4.78 is 0. The molecule has 1 fully saturated rings. The molecule has 6 heteroatoms. The highest BCUT2D eigenvalue weighted by Gasteiger charge is 2.61. The number of thioether (sulfide) groups is 1. The number of aromatic nitrogens is 3. The number of benzene rings is 2. The minimum Gasteiger partial charge on any atom is -0.325 e. The fraction of sp³-hybridized carbons (Fsp3) is 0.417. The van der Waals surface area contributed by atoms with Crippen molar-refractivity contribution in [1.29, 1.82) is 0 Å². The zero-order chi connectivity index (χ0) is 21.1. The van der Waals surface area contributed by atoms with E-state index in [0.717, 1.165) is 40.7 Å². The minimum atomic E-state index is -0.330. The van der Waals surface area contributed by atoms with Crippen molar-refractivity contribution in [3.05, 3.63) is 53.9 Å². The lowest BCUT2D eigenvalue weighted by Gasteiger charge is -2.34. The van der Waals surface area contributed by atoms with Gasteiger partial charge in [-0.25, -0.2) is 4.98 Å². The minimum absolute atomic E-state index is 0.0344. The first-order valence-electron chi connectivity index (χ1n) is 10.5. The molecule has 1 N–H and O–H groups in total. The number of carbonyl (C=O) groups is 1. The number of nitrogens with zero attached hydrogens (tertiary/aromatic N) is 3. The van der Waals surface area contributed by atoms with Crippen LogP contribution in [0, 0.1) is 5.41 Å². The van der Waals surface area contributed by atoms with E-state index in [1.54, 1.807) is 0 Å². The van der Waals surface area contributed by atoms with Crippen molar-refractivity contribution >= 4 is 34.1 Å². The molecule has 1 aromatic heterocycles. The Morgan fingerprint density at radius 3 is 2.73 bits per heavy atom. The zero-order valence-corrected chi connectivity index (χ0v) is 18.6. The lowest BCUT2D eigenvalue weighted by molar-refractivity contribution is -0.115. The molecule has 1 amide bonds. The Balaban J connectivity index is 1.35. The Morgan fingerprint density at radius 2 is 1.90 bits per heavy atom. The summed E-state index contributed by atoms with van der Waals surface area (Å²) in [5, 5.41) is 14.4. The number of anilines is 1. The molecule has 0 spiro atoms. The average molecular weight is 419 g/mol. The zero-order valence-electron chi connectivity index (χ0n) is 17.8. The fourth-order valence-electron chi connectivity index (χ4n) is 5.19. The van der Waals surface area contributed by atoms with Crippen molar-refractivity contribution in [2.75, 3.05) is 5.32 Å². The third kappa shape index (κ3) is 2.77. The molecule has 5 nitrogen and oxygen atoms in total. The summed E-state index contributed by atoms with van der Waals surface area (Å²) in [6, 6.07) is 14.0. The van der Waals surface area contributed by atoms with Gasteiger partial charge in [0.1, 0.15) is 0 Å². The van der Waals surface area contributed by atoms with E-state index >= 15 is 0 Å². The van der Waals surface area contributed by atoms with Crippen molar-refractivity contribution < 1.29 is 4.79 Å². The third-order valence-corrected chi connectivity index (χ3v) is 8.42. The maximum Gasteiger partial charge on any atom is 0.237 e. The Morgan fingerprint density at radius 1 is 1.13 bits per heavy atom. The standard InChI is InChI=1S/C24H26N4OS/c1-14(21(29)25-18-11-7-9-15-8-5-6-10-16(15)18)30-22-26-20-19(27-28-22)17-12-13-24(20,4)23(17,2)3/h5-11,14,17H,12-13H2,1-4H3,(H,25,29)/t14-,17-,24+/m1/s1. The molecule has 1 saturated carbocycles. The quantitative estimate of drug-likeness (QED) is 0.581. The number of rotatable bonds is 4. The normalized spacial score (nSPS) is 24.6. The van der Waals surface area contributed by atoms with Gasteiger partial charge in [0.2, 0.25) is 11.1 Å². The molecular weight excluding hydrogens is 392 g/mol. The van der Waals surface area contributed by atoms with E-state index in [-0.39, 0.29) is 22.0 Å². The van der Waals surface area contributed by atoms with Crippen LogP contribution in [-0.2, 0) is 10.2 Å². The van der Waals surface area contributed by atoms with E-state index in [9.17, 15) is 4.79 Å². The second kappa shape index (κ2) is 6.77. The number of amides is 1. The molecule has 2 aliphatic rings. The molecule has 2 bridgehead atoms. The summed E-state index contributed by atoms with van der Waals surface area (Å²) in [5.74, 6) is 0.372. The molecule has 154 valence electrons. The van der Waals surface area contributed by atoms with Gasteiger partial charge in [0, 0.05) is 22.4 Å². The van der Waals surface area contributed by atoms with Gasteiger partial charge in [-0.15, -0.1) is 5.10 Å². The van der Waals surface area contributed by atoms with Crippen LogP contribution >= 0.6 is 11.8 Å². The lowest BCUT2D eigenvalue weighted by atomic mass is 9.70. The Hall–Kier alpha value is -2.47. The van der Waals surface area contributed by atoms with Gasteiger partial charge < -0.3 is 5.32 Å². The van der Waals surface area contributed by atoms with Crippen LogP contribution in [0.4, 0.5) is 5.69 Å². The van der Waals surface area contributed by atoms with Gasteiger partial charge >= 0.3 is 0 Å². The second-order valence-corrected chi connectivity index (χ2v) is 10.6. The molecule has 5 rings (SSSR count). The van der Waals surface area contributed by atoms with Gasteiger partial charge in [-0.3, -0.25) is 4.79 Å². The van der Waals surface area contributed by atoms with Crippen LogP contribution in [0.15, 0.2) is 47.6 Å². The molecule has 3 aromatic rings. The lowest BCUT2D eigenvalue weighted by Crippen LogP contribution is -2.32. The van der Waals surface area contributed by atoms with Crippen LogP contribution < -0.4 is 5.32 Å². The molecule has 1 heterocycles. The summed E-state index contributed by atoms with van der Waals surface area (Å²) in [6.45, 7) is 8.83. The summed E-state index contributed by atoms with van der Waals surface area (Å²) in [7, 11) is 0. The van der Waals surface area contributed by atoms with Gasteiger partial charge in [-0.1, -0.05) is 68.9 Å². The largest absolute Gasteiger partial charge is 0.325 e. The maximum atomic E-state index is 12.9. The molecule has 30 heavy (non-hydrogen) atoms. The average Bonchev–Trinajstić information content (AvgIpc) is 3.06. The van der Waals surface area contributed by atoms with Crippen LogP contribution in [0.3, 0.4) is 0 Å². The molecule has 2 aromatic carbocycles. The Labute approximate surface area is 181 Å². The van der Waals surface area contributed by atoms with E-state index in [1.807, 2.05) is 49.4 Å². The number of nitrogens with one attached hydrogen (secondary N) is 1. The summed E-state index contributed by atoms with van der Waals surface area (Å²) >= 11 is 1.37. The van der Waals surface area contributed by atoms with Crippen LogP contribution in [0.5, 0.6) is 0 Å². The van der Waals surface area contributed by atoms with Crippen LogP contribution in [0.1, 0.15) is 57.8 Å². The van der Waals surface area contributed by atoms with E-state index < -0.39 is 0 Å². The van der Waals surface area contributed by atoms with Crippen molar-refractivity contribution in [2.24, 2.45) is 5.41 Å². The Kier molecular flexibility index (Phi) is 4.40. The van der Waals surface area contributed by atoms with Crippen LogP contribution in [0.25, 0.3) is 10.8 Å². The predicted octanol–water partition coefficient (Wildman–Crippen LogP) is 5.32. The Bertz CT molecular complexity index is 1160. The third-order valence-electron chi connectivity index (χ3n) is 7.47. The first kappa shape index (κ1) is 19.5. The first-order valence-corrected chi connectivity index (χ1v) is 11.4. The van der Waals surface area contributed by atoms with Gasteiger partial charge in [-0.05, 0) is 36.6 Å². The van der Waals surface area contributed by atoms with Gasteiger partial charge in [0.15, 0.2) is 0 Å². The van der Waals surface area contributed by atoms with Crippen molar-refractivity contribution in [1.82, 2.24) is 15.2 Å². The maximum absolute atomic E-state index is 12.9. The smallest absolute Gasteiger partial charge is 0.237 e. The summed E-state index contributed by atoms with van der Waals surface area (Å²) in [6.07, 6.45) is 2.29. The van der Waals surface area contributed by atoms with Crippen molar-refractivity contribution in [3.8, 4) is 0 Å². The van der Waals surface area contributed by atoms with Crippen molar-refractivity contribution in [3.63, 3.8) is 0 Å². The van der Waals surface area contributed by atoms with E-state index in [0.29, 0.717) is 11.1 Å². The summed E-state index contributed by atoms with van der Waals surface area (Å²) in [5.41, 5.74) is 3.16. The predicted molar refractivity (Wildman–Crippen MR) is 121 cm³/mol. The molecule has 0 aliphatic heterocycles. The van der Waals surface area contributed by atoms with E-state index in [1.165, 1.54) is 11.8 Å². The monoisotopic (exact) mass is 418 g/mol. The number of hydrogen-bond acceptors (Lipinski definition) is 5. The first-order chi connectivity index (χ1) is 14.3. The molecule has 0 saturated heterocycles. The topological polar surface area (TPSA) is 67.8 Å². The second-order valence-electron chi connectivity index (χ2n) is 9.25. The highest BCUT2D eigenvalue weighted by Crippen LogP contribution is 2.66. The molecule has 0 radical (unpaired) electrons. The fourth-order valence-corrected chi connectivity index (χ4v) is 5.91. The molecule has 0 unspecified atom stereocenters. The van der Waals surface area contributed by atoms with Gasteiger partial charge in [-0.2, -0.15) is 5.10 Å². The molecule has 2 aliphatic carbocycles. The van der Waals surface area contributed by atoms with E-state index in [2.05, 4.69) is 36.3 Å². The number of fused-ring (bicyclic) bond motifs is 6. The number of carbonyl (C=O) groups excluding carboxylic acids is 1. The number of hydrogen-bond donors (Lipinski definition) is 1. The molecular formula is C24H26N4OS. The van der Waals surface area contributed by atoms with Gasteiger partial charge in [0.05, 0.1) is 16.6 Å². The summed E-state index contributed by atoms with van der Waals surface area (Å²) in [4.78, 5) is 17.8. The highest BCUT2D eigenvalue weighted by atomic mass is 32.2. The highest BCUT2D eigenvalue weighted by molar-refractivity contribution is 8.00. The van der Waals surface area contributed by atoms with Crippen molar-refractivity contribution in [2.45, 2.75) is 62.3 Å². The molecule has 3 atom stereocenters. The van der Waals surface area contributed by atoms with E-state index in [4.69, 9.17) is 4.98 Å². The van der Waals surface area contributed by atoms with Gasteiger partial charge in [0.25, 0.3) is 0 Å².